The van der Waals surface area contributed by atoms with E-state index in [0.29, 0.717) is 6.54 Å². The number of halogens is 1. The molecule has 5 heteroatoms. The summed E-state index contributed by atoms with van der Waals surface area (Å²) < 4.78 is 10.7. The Labute approximate surface area is 151 Å². The Morgan fingerprint density at radius 2 is 1.58 bits per heavy atom. The summed E-state index contributed by atoms with van der Waals surface area (Å²) >= 11 is 0. The zero-order chi connectivity index (χ0) is 16.5. The van der Waals surface area contributed by atoms with Crippen molar-refractivity contribution in [2.75, 3.05) is 33.9 Å². The van der Waals surface area contributed by atoms with Crippen LogP contribution in [0.2, 0.25) is 0 Å². The van der Waals surface area contributed by atoms with Crippen LogP contribution in [0.15, 0.2) is 48.5 Å². The molecule has 0 spiro atoms. The molecule has 0 aliphatic heterocycles. The van der Waals surface area contributed by atoms with Crippen LogP contribution in [0.25, 0.3) is 0 Å². The predicted molar refractivity (Wildman–Crippen MR) is 101 cm³/mol. The molecule has 2 rings (SSSR count). The average Bonchev–Trinajstić information content (AvgIpc) is 2.60. The molecule has 0 radical (unpaired) electrons. The van der Waals surface area contributed by atoms with E-state index in [0.717, 1.165) is 37.6 Å². The van der Waals surface area contributed by atoms with Gasteiger partial charge < -0.3 is 15.2 Å². The van der Waals surface area contributed by atoms with Gasteiger partial charge in [0.25, 0.3) is 0 Å². The summed E-state index contributed by atoms with van der Waals surface area (Å²) in [5, 5.41) is 0. The van der Waals surface area contributed by atoms with Gasteiger partial charge in [-0.2, -0.15) is 0 Å². The highest BCUT2D eigenvalue weighted by molar-refractivity contribution is 5.85. The zero-order valence-corrected chi connectivity index (χ0v) is 15.2. The Morgan fingerprint density at radius 1 is 0.875 bits per heavy atom. The summed E-state index contributed by atoms with van der Waals surface area (Å²) in [6.07, 6.45) is 1.02. The molecule has 2 aromatic rings. The lowest BCUT2D eigenvalue weighted by Crippen LogP contribution is -2.31. The Hall–Kier alpha value is -1.75. The first-order valence-corrected chi connectivity index (χ1v) is 7.94. The van der Waals surface area contributed by atoms with Crippen molar-refractivity contribution in [2.45, 2.75) is 13.0 Å². The summed E-state index contributed by atoms with van der Waals surface area (Å²) in [4.78, 5) is 2.37. The highest BCUT2D eigenvalue weighted by Gasteiger charge is 2.09. The first-order chi connectivity index (χ1) is 11.3. The fourth-order valence-electron chi connectivity index (χ4n) is 2.62. The van der Waals surface area contributed by atoms with Gasteiger partial charge in [-0.15, -0.1) is 12.4 Å². The molecular formula is C19H27ClN2O2. The van der Waals surface area contributed by atoms with Crippen molar-refractivity contribution in [3.05, 3.63) is 59.7 Å². The highest BCUT2D eigenvalue weighted by atomic mass is 35.5. The van der Waals surface area contributed by atoms with Crippen molar-refractivity contribution in [3.63, 3.8) is 0 Å². The van der Waals surface area contributed by atoms with E-state index in [-0.39, 0.29) is 12.4 Å². The first kappa shape index (κ1) is 20.3. The van der Waals surface area contributed by atoms with Crippen LogP contribution in [0.5, 0.6) is 11.5 Å². The van der Waals surface area contributed by atoms with Gasteiger partial charge in [0.1, 0.15) is 0 Å². The van der Waals surface area contributed by atoms with Crippen LogP contribution in [0.3, 0.4) is 0 Å². The topological polar surface area (TPSA) is 47.7 Å². The third-order valence-corrected chi connectivity index (χ3v) is 3.86. The SMILES string of the molecule is COc1ccc(CN(CCN)CCc2ccccc2)cc1OC.Cl. The normalized spacial score (nSPS) is 10.3. The van der Waals surface area contributed by atoms with Gasteiger partial charge in [-0.3, -0.25) is 4.90 Å². The molecule has 0 amide bonds. The Balaban J connectivity index is 0.00000288. The number of nitrogens with two attached hydrogens (primary N) is 1. The minimum Gasteiger partial charge on any atom is -0.493 e. The fourth-order valence-corrected chi connectivity index (χ4v) is 2.62. The molecule has 0 saturated carbocycles. The van der Waals surface area contributed by atoms with Gasteiger partial charge in [-0.05, 0) is 29.7 Å². The first-order valence-electron chi connectivity index (χ1n) is 7.94. The van der Waals surface area contributed by atoms with Crippen LogP contribution in [0.1, 0.15) is 11.1 Å². The van der Waals surface area contributed by atoms with Crippen LogP contribution in [-0.4, -0.2) is 38.8 Å². The molecule has 0 aliphatic rings. The monoisotopic (exact) mass is 350 g/mol. The third-order valence-electron chi connectivity index (χ3n) is 3.86. The molecule has 0 unspecified atom stereocenters. The molecule has 0 aromatic heterocycles. The van der Waals surface area contributed by atoms with Crippen molar-refractivity contribution in [3.8, 4) is 11.5 Å². The molecule has 0 atom stereocenters. The quantitative estimate of drug-likeness (QED) is 0.754. The van der Waals surface area contributed by atoms with Crippen LogP contribution >= 0.6 is 12.4 Å². The lowest BCUT2D eigenvalue weighted by atomic mass is 10.1. The number of hydrogen-bond donors (Lipinski definition) is 1. The maximum atomic E-state index is 5.77. The van der Waals surface area contributed by atoms with Crippen molar-refractivity contribution >= 4 is 12.4 Å². The van der Waals surface area contributed by atoms with Crippen LogP contribution in [0, 0.1) is 0 Å². The van der Waals surface area contributed by atoms with E-state index in [1.54, 1.807) is 14.2 Å². The smallest absolute Gasteiger partial charge is 0.161 e. The highest BCUT2D eigenvalue weighted by Crippen LogP contribution is 2.28. The summed E-state index contributed by atoms with van der Waals surface area (Å²) in [6, 6.07) is 16.6. The van der Waals surface area contributed by atoms with Crippen molar-refractivity contribution in [1.29, 1.82) is 0 Å². The van der Waals surface area contributed by atoms with Gasteiger partial charge in [0, 0.05) is 26.2 Å². The van der Waals surface area contributed by atoms with E-state index >= 15 is 0 Å². The molecule has 0 saturated heterocycles. The van der Waals surface area contributed by atoms with E-state index in [1.807, 2.05) is 18.2 Å². The Bertz CT molecular complexity index is 593. The second kappa shape index (κ2) is 10.9. The molecule has 24 heavy (non-hydrogen) atoms. The molecule has 0 aliphatic carbocycles. The average molecular weight is 351 g/mol. The van der Waals surface area contributed by atoms with E-state index < -0.39 is 0 Å². The van der Waals surface area contributed by atoms with E-state index in [2.05, 4.69) is 35.2 Å². The van der Waals surface area contributed by atoms with Crippen LogP contribution in [0.4, 0.5) is 0 Å². The van der Waals surface area contributed by atoms with Crippen LogP contribution in [-0.2, 0) is 13.0 Å². The van der Waals surface area contributed by atoms with E-state index in [9.17, 15) is 0 Å². The zero-order valence-electron chi connectivity index (χ0n) is 14.4. The molecule has 4 nitrogen and oxygen atoms in total. The maximum absolute atomic E-state index is 5.77. The third kappa shape index (κ3) is 6.04. The second-order valence-corrected chi connectivity index (χ2v) is 5.49. The van der Waals surface area contributed by atoms with E-state index in [4.69, 9.17) is 15.2 Å². The van der Waals surface area contributed by atoms with Gasteiger partial charge in [0.15, 0.2) is 11.5 Å². The molecule has 132 valence electrons. The Morgan fingerprint density at radius 3 is 2.21 bits per heavy atom. The second-order valence-electron chi connectivity index (χ2n) is 5.49. The van der Waals surface area contributed by atoms with Gasteiger partial charge >= 0.3 is 0 Å². The maximum Gasteiger partial charge on any atom is 0.161 e. The van der Waals surface area contributed by atoms with Gasteiger partial charge in [0.05, 0.1) is 14.2 Å². The lowest BCUT2D eigenvalue weighted by Gasteiger charge is -2.22. The molecule has 0 bridgehead atoms. The Kier molecular flexibility index (Phi) is 9.23. The fraction of sp³-hybridized carbons (Fsp3) is 0.368. The number of ether oxygens (including phenoxy) is 2. The molecule has 2 aromatic carbocycles. The van der Waals surface area contributed by atoms with E-state index in [1.165, 1.54) is 11.1 Å². The number of methoxy groups -OCH3 is 2. The van der Waals surface area contributed by atoms with Crippen molar-refractivity contribution in [2.24, 2.45) is 5.73 Å². The number of hydrogen-bond acceptors (Lipinski definition) is 4. The van der Waals surface area contributed by atoms with Gasteiger partial charge in [-0.1, -0.05) is 36.4 Å². The summed E-state index contributed by atoms with van der Waals surface area (Å²) in [7, 11) is 3.31. The summed E-state index contributed by atoms with van der Waals surface area (Å²) in [6.45, 7) is 3.36. The minimum absolute atomic E-state index is 0. The number of benzene rings is 2. The lowest BCUT2D eigenvalue weighted by molar-refractivity contribution is 0.275. The largest absolute Gasteiger partial charge is 0.493 e. The van der Waals surface area contributed by atoms with Gasteiger partial charge in [0.2, 0.25) is 0 Å². The van der Waals surface area contributed by atoms with Crippen molar-refractivity contribution in [1.82, 2.24) is 4.90 Å². The predicted octanol–water partition coefficient (Wildman–Crippen LogP) is 3.13. The number of rotatable bonds is 9. The van der Waals surface area contributed by atoms with Crippen LogP contribution < -0.4 is 15.2 Å². The minimum atomic E-state index is 0. The van der Waals surface area contributed by atoms with Gasteiger partial charge in [-0.25, -0.2) is 0 Å². The summed E-state index contributed by atoms with van der Waals surface area (Å²) in [5.41, 5.74) is 8.31. The summed E-state index contributed by atoms with van der Waals surface area (Å²) in [5.74, 6) is 1.52. The molecule has 0 heterocycles. The molecule has 2 N–H and O–H groups in total. The van der Waals surface area contributed by atoms with Crippen molar-refractivity contribution < 1.29 is 9.47 Å². The number of nitrogens with zero attached hydrogens (tertiary/aromatic N) is 1. The standard InChI is InChI=1S/C19H26N2O2.ClH/c1-22-18-9-8-17(14-19(18)23-2)15-21(13-11-20)12-10-16-6-4-3-5-7-16;/h3-9,14H,10-13,15,20H2,1-2H3;1H. The molecule has 0 fully saturated rings. The molecular weight excluding hydrogens is 324 g/mol.